The third kappa shape index (κ3) is 4.15. The molecule has 6 nitrogen and oxygen atoms in total. The van der Waals surface area contributed by atoms with Crippen LogP contribution < -0.4 is 10.1 Å². The molecular weight excluding hydrogens is 381 g/mol. The Hall–Kier alpha value is -3.74. The Bertz CT molecular complexity index is 1140. The monoisotopic (exact) mass is 403 g/mol. The summed E-state index contributed by atoms with van der Waals surface area (Å²) < 4.78 is 20.6. The molecule has 0 radical (unpaired) electrons. The number of ether oxygens (including phenoxy) is 1. The van der Waals surface area contributed by atoms with E-state index in [0.29, 0.717) is 11.6 Å². The van der Waals surface area contributed by atoms with E-state index in [-0.39, 0.29) is 11.9 Å². The molecule has 30 heavy (non-hydrogen) atoms. The van der Waals surface area contributed by atoms with Crippen LogP contribution in [0.5, 0.6) is 5.75 Å². The van der Waals surface area contributed by atoms with E-state index in [1.807, 2.05) is 42.8 Å². The van der Waals surface area contributed by atoms with Crippen molar-refractivity contribution in [3.05, 3.63) is 84.5 Å². The first kappa shape index (κ1) is 19.6. The van der Waals surface area contributed by atoms with Crippen molar-refractivity contribution in [1.29, 1.82) is 0 Å². The Morgan fingerprint density at radius 2 is 1.77 bits per heavy atom. The largest absolute Gasteiger partial charge is 0.495 e. The van der Waals surface area contributed by atoms with Gasteiger partial charge in [-0.3, -0.25) is 0 Å². The predicted molar refractivity (Wildman–Crippen MR) is 114 cm³/mol. The van der Waals surface area contributed by atoms with E-state index in [1.54, 1.807) is 38.0 Å². The number of imidazole rings is 1. The van der Waals surface area contributed by atoms with Crippen LogP contribution in [0.15, 0.2) is 67.4 Å². The van der Waals surface area contributed by atoms with E-state index in [1.165, 1.54) is 12.1 Å². The van der Waals surface area contributed by atoms with E-state index < -0.39 is 0 Å². The lowest BCUT2D eigenvalue weighted by atomic mass is 10.1. The summed E-state index contributed by atoms with van der Waals surface area (Å²) in [4.78, 5) is 13.2. The minimum Gasteiger partial charge on any atom is -0.495 e. The van der Waals surface area contributed by atoms with Crippen molar-refractivity contribution in [2.45, 2.75) is 19.9 Å². The molecule has 152 valence electrons. The first-order chi connectivity index (χ1) is 14.5. The van der Waals surface area contributed by atoms with Crippen LogP contribution in [0.3, 0.4) is 0 Å². The molecule has 0 bridgehead atoms. The van der Waals surface area contributed by atoms with E-state index in [9.17, 15) is 4.39 Å². The highest BCUT2D eigenvalue weighted by molar-refractivity contribution is 5.63. The molecule has 4 aromatic rings. The van der Waals surface area contributed by atoms with Crippen molar-refractivity contribution in [1.82, 2.24) is 19.5 Å². The molecule has 0 aliphatic heterocycles. The number of hydrogen-bond acceptors (Lipinski definition) is 5. The molecule has 2 heterocycles. The molecule has 0 spiro atoms. The zero-order valence-electron chi connectivity index (χ0n) is 17.0. The maximum atomic E-state index is 13.1. The Balaban J connectivity index is 1.53. The van der Waals surface area contributed by atoms with Crippen molar-refractivity contribution in [2.24, 2.45) is 0 Å². The maximum absolute atomic E-state index is 13.1. The molecule has 0 aliphatic rings. The number of nitrogens with one attached hydrogen (secondary N) is 1. The van der Waals surface area contributed by atoms with E-state index >= 15 is 0 Å². The topological polar surface area (TPSA) is 64.9 Å². The summed E-state index contributed by atoms with van der Waals surface area (Å²) in [5, 5.41) is 3.33. The van der Waals surface area contributed by atoms with Gasteiger partial charge in [0.2, 0.25) is 0 Å². The molecule has 0 aliphatic carbocycles. The van der Waals surface area contributed by atoms with Gasteiger partial charge in [-0.05, 0) is 49.7 Å². The van der Waals surface area contributed by atoms with Gasteiger partial charge in [-0.2, -0.15) is 0 Å². The molecule has 1 N–H and O–H groups in total. The van der Waals surface area contributed by atoms with Gasteiger partial charge in [0.05, 0.1) is 42.9 Å². The lowest BCUT2D eigenvalue weighted by Crippen LogP contribution is -2.07. The number of rotatable bonds is 6. The molecule has 0 saturated carbocycles. The second-order valence-electron chi connectivity index (χ2n) is 7.02. The zero-order valence-corrected chi connectivity index (χ0v) is 17.0. The van der Waals surface area contributed by atoms with Crippen molar-refractivity contribution in [3.63, 3.8) is 0 Å². The molecule has 2 aromatic carbocycles. The predicted octanol–water partition coefficient (Wildman–Crippen LogP) is 4.96. The number of anilines is 1. The highest BCUT2D eigenvalue weighted by Crippen LogP contribution is 2.29. The standard InChI is InChI=1S/C23H22FN5O/c1-15-13-29(14-27-15)21-9-6-18(10-22(21)30-3)23-25-11-20(12-26-23)28-16(2)17-4-7-19(24)8-5-17/h4-14,16,28H,1-3H3/t16-/m0/s1. The van der Waals surface area contributed by atoms with Crippen LogP contribution in [-0.2, 0) is 0 Å². The SMILES string of the molecule is COc1cc(-c2ncc(N[C@@H](C)c3ccc(F)cc3)cn2)ccc1-n1cnc(C)c1. The summed E-state index contributed by atoms with van der Waals surface area (Å²) in [5.41, 5.74) is 4.45. The lowest BCUT2D eigenvalue weighted by Gasteiger charge is -2.15. The summed E-state index contributed by atoms with van der Waals surface area (Å²) >= 11 is 0. The number of methoxy groups -OCH3 is 1. The van der Waals surface area contributed by atoms with Gasteiger partial charge in [0.1, 0.15) is 11.6 Å². The summed E-state index contributed by atoms with van der Waals surface area (Å²) in [5.74, 6) is 1.06. The first-order valence-electron chi connectivity index (χ1n) is 9.57. The van der Waals surface area contributed by atoms with Crippen LogP contribution in [0.4, 0.5) is 10.1 Å². The Kier molecular flexibility index (Phi) is 5.43. The molecule has 2 aromatic heterocycles. The fourth-order valence-electron chi connectivity index (χ4n) is 3.22. The van der Waals surface area contributed by atoms with Gasteiger partial charge in [-0.25, -0.2) is 19.3 Å². The molecule has 0 fully saturated rings. The number of nitrogens with zero attached hydrogens (tertiary/aromatic N) is 4. The number of aryl methyl sites for hydroxylation is 1. The molecule has 7 heteroatoms. The summed E-state index contributed by atoms with van der Waals surface area (Å²) in [6, 6.07) is 12.3. The summed E-state index contributed by atoms with van der Waals surface area (Å²) in [7, 11) is 1.64. The number of hydrogen-bond donors (Lipinski definition) is 1. The smallest absolute Gasteiger partial charge is 0.159 e. The molecule has 4 rings (SSSR count). The van der Waals surface area contributed by atoms with Crippen molar-refractivity contribution in [3.8, 4) is 22.8 Å². The summed E-state index contributed by atoms with van der Waals surface area (Å²) in [6.45, 7) is 3.94. The minimum atomic E-state index is -0.247. The second kappa shape index (κ2) is 8.32. The maximum Gasteiger partial charge on any atom is 0.159 e. The average molecular weight is 403 g/mol. The third-order valence-electron chi connectivity index (χ3n) is 4.83. The second-order valence-corrected chi connectivity index (χ2v) is 7.02. The van der Waals surface area contributed by atoms with Crippen LogP contribution >= 0.6 is 0 Å². The van der Waals surface area contributed by atoms with Gasteiger partial charge in [-0.1, -0.05) is 12.1 Å². The van der Waals surface area contributed by atoms with Gasteiger partial charge in [-0.15, -0.1) is 0 Å². The molecule has 0 unspecified atom stereocenters. The fourth-order valence-corrected chi connectivity index (χ4v) is 3.22. The number of benzene rings is 2. The van der Waals surface area contributed by atoms with E-state index in [2.05, 4.69) is 20.3 Å². The minimum absolute atomic E-state index is 0.00179. The van der Waals surface area contributed by atoms with Crippen molar-refractivity contribution < 1.29 is 9.13 Å². The van der Waals surface area contributed by atoms with Crippen LogP contribution in [0.1, 0.15) is 24.2 Å². The normalized spacial score (nSPS) is 11.9. The van der Waals surface area contributed by atoms with Gasteiger partial charge in [0.25, 0.3) is 0 Å². The van der Waals surface area contributed by atoms with Gasteiger partial charge in [0.15, 0.2) is 5.82 Å². The van der Waals surface area contributed by atoms with Gasteiger partial charge >= 0.3 is 0 Å². The third-order valence-corrected chi connectivity index (χ3v) is 4.83. The van der Waals surface area contributed by atoms with Crippen molar-refractivity contribution in [2.75, 3.05) is 12.4 Å². The van der Waals surface area contributed by atoms with Crippen LogP contribution in [-0.4, -0.2) is 26.6 Å². The quantitative estimate of drug-likeness (QED) is 0.493. The highest BCUT2D eigenvalue weighted by Gasteiger charge is 2.11. The van der Waals surface area contributed by atoms with Crippen LogP contribution in [0.25, 0.3) is 17.1 Å². The van der Waals surface area contributed by atoms with E-state index in [0.717, 1.165) is 28.2 Å². The first-order valence-corrected chi connectivity index (χ1v) is 9.57. The Morgan fingerprint density at radius 1 is 1.03 bits per heavy atom. The molecule has 1 atom stereocenters. The van der Waals surface area contributed by atoms with Crippen LogP contribution in [0.2, 0.25) is 0 Å². The van der Waals surface area contributed by atoms with Crippen LogP contribution in [0, 0.1) is 12.7 Å². The zero-order chi connectivity index (χ0) is 21.1. The number of aromatic nitrogens is 4. The van der Waals surface area contributed by atoms with Gasteiger partial charge in [0, 0.05) is 17.8 Å². The Labute approximate surface area is 174 Å². The molecule has 0 amide bonds. The summed E-state index contributed by atoms with van der Waals surface area (Å²) in [6.07, 6.45) is 7.17. The lowest BCUT2D eigenvalue weighted by molar-refractivity contribution is 0.413. The average Bonchev–Trinajstić information content (AvgIpc) is 3.20. The van der Waals surface area contributed by atoms with E-state index in [4.69, 9.17) is 4.74 Å². The Morgan fingerprint density at radius 3 is 2.40 bits per heavy atom. The fraction of sp³-hybridized carbons (Fsp3) is 0.174. The number of halogens is 1. The van der Waals surface area contributed by atoms with Gasteiger partial charge < -0.3 is 14.6 Å². The molecular formula is C23H22FN5O. The van der Waals surface area contributed by atoms with Crippen molar-refractivity contribution >= 4 is 5.69 Å². The highest BCUT2D eigenvalue weighted by atomic mass is 19.1. The molecule has 0 saturated heterocycles.